The summed E-state index contributed by atoms with van der Waals surface area (Å²) in [6.07, 6.45) is 3.29. The molecule has 9 nitrogen and oxygen atoms in total. The van der Waals surface area contributed by atoms with Gasteiger partial charge in [-0.05, 0) is 12.1 Å². The maximum Gasteiger partial charge on any atom is 0.270 e. The van der Waals surface area contributed by atoms with E-state index in [1.165, 1.54) is 17.0 Å². The summed E-state index contributed by atoms with van der Waals surface area (Å²) >= 11 is 0. The van der Waals surface area contributed by atoms with Gasteiger partial charge in [-0.2, -0.15) is 5.10 Å². The second-order valence-corrected chi connectivity index (χ2v) is 8.23. The molecule has 0 unspecified atom stereocenters. The quantitative estimate of drug-likeness (QED) is 0.528. The van der Waals surface area contributed by atoms with E-state index in [2.05, 4.69) is 20.2 Å². The van der Waals surface area contributed by atoms with E-state index in [1.54, 1.807) is 30.3 Å². The van der Waals surface area contributed by atoms with Crippen molar-refractivity contribution in [2.45, 2.75) is 11.4 Å². The molecule has 0 atom stereocenters. The number of halogens is 1. The minimum atomic E-state index is -3.71. The number of aromatic nitrogens is 5. The molecule has 0 fully saturated rings. The lowest BCUT2D eigenvalue weighted by Gasteiger charge is -2.06. The molecule has 4 aromatic rings. The number of hydrogen-bond donors (Lipinski definition) is 1. The Bertz CT molecular complexity index is 1340. The third kappa shape index (κ3) is 3.72. The van der Waals surface area contributed by atoms with Crippen molar-refractivity contribution in [3.63, 3.8) is 0 Å². The maximum absolute atomic E-state index is 14.1. The minimum Gasteiger partial charge on any atom is -0.364 e. The first-order chi connectivity index (χ1) is 13.8. The highest BCUT2D eigenvalue weighted by Crippen LogP contribution is 2.24. The van der Waals surface area contributed by atoms with E-state index in [9.17, 15) is 17.6 Å². The monoisotopic (exact) mass is 415 g/mol. The summed E-state index contributed by atoms with van der Waals surface area (Å²) in [5.74, 6) is -0.320. The summed E-state index contributed by atoms with van der Waals surface area (Å²) in [6.45, 7) is 0.0977. The molecule has 11 heteroatoms. The topological polar surface area (TPSA) is 124 Å². The molecule has 0 saturated carbocycles. The molecule has 0 aliphatic rings. The van der Waals surface area contributed by atoms with E-state index in [0.29, 0.717) is 17.0 Å². The number of benzene rings is 1. The lowest BCUT2D eigenvalue weighted by Crippen LogP contribution is -2.18. The molecule has 3 heterocycles. The van der Waals surface area contributed by atoms with Crippen molar-refractivity contribution in [2.24, 2.45) is 0 Å². The number of hydrogen-bond acceptors (Lipinski definition) is 7. The second-order valence-electron chi connectivity index (χ2n) is 6.25. The van der Waals surface area contributed by atoms with Crippen molar-refractivity contribution in [1.82, 2.24) is 24.9 Å². The van der Waals surface area contributed by atoms with E-state index < -0.39 is 20.3 Å². The Hall–Kier alpha value is -3.60. The van der Waals surface area contributed by atoms with Gasteiger partial charge < -0.3 is 9.51 Å². The van der Waals surface area contributed by atoms with Crippen LogP contribution in [0.3, 0.4) is 0 Å². The fourth-order valence-corrected chi connectivity index (χ4v) is 3.40. The van der Waals surface area contributed by atoms with Crippen LogP contribution in [0.1, 0.15) is 5.56 Å². The number of rotatable bonds is 5. The third-order valence-corrected chi connectivity index (χ3v) is 5.26. The Morgan fingerprint density at radius 3 is 2.66 bits per heavy atom. The first kappa shape index (κ1) is 18.7. The number of aromatic amines is 1. The molecule has 0 bridgehead atoms. The summed E-state index contributed by atoms with van der Waals surface area (Å²) in [5.41, 5.74) is 0.823. The second kappa shape index (κ2) is 7.09. The van der Waals surface area contributed by atoms with Gasteiger partial charge in [0.05, 0.1) is 18.4 Å². The molecule has 0 spiro atoms. The van der Waals surface area contributed by atoms with Gasteiger partial charge in [-0.3, -0.25) is 9.48 Å². The van der Waals surface area contributed by atoms with E-state index in [0.717, 1.165) is 12.5 Å². The predicted molar refractivity (Wildman–Crippen MR) is 100 cm³/mol. The van der Waals surface area contributed by atoms with Crippen LogP contribution in [0.4, 0.5) is 4.39 Å². The van der Waals surface area contributed by atoms with Gasteiger partial charge in [0.25, 0.3) is 5.56 Å². The van der Waals surface area contributed by atoms with Crippen molar-refractivity contribution in [3.05, 3.63) is 70.6 Å². The van der Waals surface area contributed by atoms with E-state index in [4.69, 9.17) is 4.52 Å². The number of nitrogens with one attached hydrogen (secondary N) is 1. The van der Waals surface area contributed by atoms with Crippen molar-refractivity contribution in [2.75, 3.05) is 6.26 Å². The van der Waals surface area contributed by atoms with Crippen LogP contribution in [-0.2, 0) is 16.4 Å². The molecule has 0 amide bonds. The Labute approximate surface area is 163 Å². The SMILES string of the molecule is CS(=O)(=O)c1cnc(-c2cc(-c3ccon3)n(Cc3ccccc3F)n2)[nH]c1=O. The third-order valence-electron chi connectivity index (χ3n) is 4.17. The van der Waals surface area contributed by atoms with Gasteiger partial charge in [-0.15, -0.1) is 0 Å². The van der Waals surface area contributed by atoms with E-state index in [1.807, 2.05) is 0 Å². The van der Waals surface area contributed by atoms with Gasteiger partial charge >= 0.3 is 0 Å². The van der Waals surface area contributed by atoms with Gasteiger partial charge in [0.2, 0.25) is 0 Å². The number of nitrogens with zero attached hydrogens (tertiary/aromatic N) is 4. The average molecular weight is 415 g/mol. The highest BCUT2D eigenvalue weighted by molar-refractivity contribution is 7.90. The number of sulfone groups is 1. The molecule has 0 aliphatic carbocycles. The van der Waals surface area contributed by atoms with Crippen LogP contribution in [0.25, 0.3) is 22.9 Å². The number of H-pyrrole nitrogens is 1. The lowest BCUT2D eigenvalue weighted by molar-refractivity contribution is 0.421. The summed E-state index contributed by atoms with van der Waals surface area (Å²) in [4.78, 5) is 18.1. The molecule has 0 saturated heterocycles. The molecular formula is C18H14FN5O4S. The summed E-state index contributed by atoms with van der Waals surface area (Å²) < 4.78 is 43.7. The lowest BCUT2D eigenvalue weighted by atomic mass is 10.2. The normalized spacial score (nSPS) is 11.7. The minimum absolute atomic E-state index is 0.0689. The fraction of sp³-hybridized carbons (Fsp3) is 0.111. The fourth-order valence-electron chi connectivity index (χ4n) is 2.77. The van der Waals surface area contributed by atoms with Crippen LogP contribution in [0.2, 0.25) is 0 Å². The molecule has 4 rings (SSSR count). The van der Waals surface area contributed by atoms with Crippen LogP contribution >= 0.6 is 0 Å². The van der Waals surface area contributed by atoms with E-state index >= 15 is 0 Å². The van der Waals surface area contributed by atoms with E-state index in [-0.39, 0.29) is 23.9 Å². The van der Waals surface area contributed by atoms with Crippen molar-refractivity contribution >= 4 is 9.84 Å². The Kier molecular flexibility index (Phi) is 4.59. The molecule has 29 heavy (non-hydrogen) atoms. The van der Waals surface area contributed by atoms with Crippen molar-refractivity contribution < 1.29 is 17.3 Å². The zero-order valence-corrected chi connectivity index (χ0v) is 15.9. The van der Waals surface area contributed by atoms with Crippen molar-refractivity contribution in [1.29, 1.82) is 0 Å². The molecule has 148 valence electrons. The van der Waals surface area contributed by atoms with Gasteiger partial charge in [0.1, 0.15) is 28.4 Å². The summed E-state index contributed by atoms with van der Waals surface area (Å²) in [6, 6.07) is 9.48. The highest BCUT2D eigenvalue weighted by atomic mass is 32.2. The predicted octanol–water partition coefficient (Wildman–Crippen LogP) is 1.88. The smallest absolute Gasteiger partial charge is 0.270 e. The summed E-state index contributed by atoms with van der Waals surface area (Å²) in [5, 5.41) is 8.27. The van der Waals surface area contributed by atoms with Crippen LogP contribution in [0.15, 0.2) is 63.1 Å². The molecule has 1 aromatic carbocycles. The molecular weight excluding hydrogens is 401 g/mol. The average Bonchev–Trinajstić information content (AvgIpc) is 3.32. The van der Waals surface area contributed by atoms with Gasteiger partial charge in [0, 0.05) is 17.9 Å². The molecule has 0 radical (unpaired) electrons. The molecule has 3 aromatic heterocycles. The van der Waals surface area contributed by atoms with Crippen LogP contribution in [0.5, 0.6) is 0 Å². The Morgan fingerprint density at radius 2 is 2.00 bits per heavy atom. The Morgan fingerprint density at radius 1 is 1.21 bits per heavy atom. The zero-order chi connectivity index (χ0) is 20.6. The van der Waals surface area contributed by atoms with Crippen LogP contribution in [0, 0.1) is 5.82 Å². The standard InChI is InChI=1S/C18H14FN5O4S/c1-29(26,27)16-9-20-17(21-18(16)25)14-8-15(13-6-7-28-23-13)24(22-14)10-11-4-2-3-5-12(11)19/h2-9H,10H2,1H3,(H,20,21,25). The maximum atomic E-state index is 14.1. The zero-order valence-electron chi connectivity index (χ0n) is 15.0. The highest BCUT2D eigenvalue weighted by Gasteiger charge is 2.19. The van der Waals surface area contributed by atoms with Gasteiger partial charge in [0.15, 0.2) is 15.7 Å². The molecule has 0 aliphatic heterocycles. The van der Waals surface area contributed by atoms with Crippen LogP contribution < -0.4 is 5.56 Å². The molecule has 1 N–H and O–H groups in total. The van der Waals surface area contributed by atoms with Crippen LogP contribution in [-0.4, -0.2) is 39.6 Å². The van der Waals surface area contributed by atoms with Gasteiger partial charge in [-0.25, -0.2) is 17.8 Å². The van der Waals surface area contributed by atoms with Crippen molar-refractivity contribution in [3.8, 4) is 22.9 Å². The van der Waals surface area contributed by atoms with Gasteiger partial charge in [-0.1, -0.05) is 23.4 Å². The first-order valence-corrected chi connectivity index (χ1v) is 10.2. The Balaban J connectivity index is 1.81. The largest absolute Gasteiger partial charge is 0.364 e. The summed E-state index contributed by atoms with van der Waals surface area (Å²) in [7, 11) is -3.71. The first-order valence-electron chi connectivity index (χ1n) is 8.34.